The van der Waals surface area contributed by atoms with E-state index in [9.17, 15) is 9.59 Å². The molecule has 9 heteroatoms. The minimum Gasteiger partial charge on any atom is -0.493 e. The number of nitrogens with zero attached hydrogens (tertiary/aromatic N) is 2. The van der Waals surface area contributed by atoms with Gasteiger partial charge in [-0.1, -0.05) is 15.9 Å². The number of anilines is 1. The van der Waals surface area contributed by atoms with E-state index in [0.29, 0.717) is 29.4 Å². The number of nitrogens with one attached hydrogen (secondary N) is 1. The highest BCUT2D eigenvalue weighted by atomic mass is 79.9. The highest BCUT2D eigenvalue weighted by Gasteiger charge is 2.35. The number of benzene rings is 2. The van der Waals surface area contributed by atoms with Crippen molar-refractivity contribution in [2.24, 2.45) is 11.0 Å². The molecule has 1 N–H and O–H groups in total. The minimum atomic E-state index is -0.474. The molecule has 1 saturated heterocycles. The Morgan fingerprint density at radius 1 is 1.13 bits per heavy atom. The fraction of sp³-hybridized carbons (Fsp3) is 0.286. The fourth-order valence-electron chi connectivity index (χ4n) is 3.19. The Balaban J connectivity index is 1.65. The lowest BCUT2D eigenvalue weighted by molar-refractivity contribution is -0.126. The van der Waals surface area contributed by atoms with Crippen molar-refractivity contribution in [1.29, 1.82) is 0 Å². The predicted octanol–water partition coefficient (Wildman–Crippen LogP) is 2.98. The van der Waals surface area contributed by atoms with Crippen LogP contribution in [0.4, 0.5) is 5.69 Å². The maximum absolute atomic E-state index is 12.5. The average Bonchev–Trinajstić information content (AvgIpc) is 3.15. The lowest BCUT2D eigenvalue weighted by Crippen LogP contribution is -2.30. The first-order chi connectivity index (χ1) is 14.5. The van der Waals surface area contributed by atoms with Gasteiger partial charge >= 0.3 is 0 Å². The number of rotatable bonds is 7. The molecule has 0 unspecified atom stereocenters. The SMILES string of the molecule is COc1cc(/C=N\NC(=O)[C@@H]2CC(=O)N(c3ccc(Br)cc3)C2)cc(OC)c1OC. The van der Waals surface area contributed by atoms with Crippen molar-refractivity contribution in [1.82, 2.24) is 5.43 Å². The van der Waals surface area contributed by atoms with E-state index in [1.165, 1.54) is 27.5 Å². The number of methoxy groups -OCH3 is 3. The molecule has 3 rings (SSSR count). The van der Waals surface area contributed by atoms with Crippen molar-refractivity contribution in [3.05, 3.63) is 46.4 Å². The van der Waals surface area contributed by atoms with Gasteiger partial charge in [0.1, 0.15) is 0 Å². The van der Waals surface area contributed by atoms with Gasteiger partial charge in [-0.05, 0) is 36.4 Å². The van der Waals surface area contributed by atoms with Crippen LogP contribution in [0.15, 0.2) is 46.0 Å². The zero-order chi connectivity index (χ0) is 21.7. The van der Waals surface area contributed by atoms with Crippen LogP contribution in [-0.4, -0.2) is 45.9 Å². The van der Waals surface area contributed by atoms with Crippen LogP contribution in [0.25, 0.3) is 0 Å². The summed E-state index contributed by atoms with van der Waals surface area (Å²) in [6, 6.07) is 10.8. The molecule has 0 aromatic heterocycles. The molecule has 0 saturated carbocycles. The molecule has 2 aromatic rings. The van der Waals surface area contributed by atoms with E-state index >= 15 is 0 Å². The van der Waals surface area contributed by atoms with E-state index in [0.717, 1.165) is 10.2 Å². The van der Waals surface area contributed by atoms with E-state index in [4.69, 9.17) is 14.2 Å². The van der Waals surface area contributed by atoms with E-state index in [-0.39, 0.29) is 18.2 Å². The van der Waals surface area contributed by atoms with Gasteiger partial charge in [0, 0.05) is 28.7 Å². The smallest absolute Gasteiger partial charge is 0.245 e. The van der Waals surface area contributed by atoms with Crippen LogP contribution in [0.1, 0.15) is 12.0 Å². The molecule has 0 aliphatic carbocycles. The van der Waals surface area contributed by atoms with Crippen LogP contribution in [-0.2, 0) is 9.59 Å². The quantitative estimate of drug-likeness (QED) is 0.491. The second-order valence-electron chi connectivity index (χ2n) is 6.57. The summed E-state index contributed by atoms with van der Waals surface area (Å²) < 4.78 is 16.8. The molecule has 0 bridgehead atoms. The third-order valence-electron chi connectivity index (χ3n) is 4.71. The Labute approximate surface area is 182 Å². The molecule has 1 aliphatic heterocycles. The Bertz CT molecular complexity index is 937. The molecular formula is C21H22BrN3O5. The second kappa shape index (κ2) is 9.62. The van der Waals surface area contributed by atoms with Crippen LogP contribution < -0.4 is 24.5 Å². The van der Waals surface area contributed by atoms with Crippen molar-refractivity contribution in [2.75, 3.05) is 32.8 Å². The number of halogens is 1. The van der Waals surface area contributed by atoms with Gasteiger partial charge < -0.3 is 19.1 Å². The highest BCUT2D eigenvalue weighted by Crippen LogP contribution is 2.37. The maximum Gasteiger partial charge on any atom is 0.245 e. The highest BCUT2D eigenvalue weighted by molar-refractivity contribution is 9.10. The summed E-state index contributed by atoms with van der Waals surface area (Å²) in [7, 11) is 4.57. The summed E-state index contributed by atoms with van der Waals surface area (Å²) in [5.41, 5.74) is 3.93. The molecule has 2 amide bonds. The van der Waals surface area contributed by atoms with Gasteiger partial charge in [-0.25, -0.2) is 5.43 Å². The zero-order valence-corrected chi connectivity index (χ0v) is 18.4. The van der Waals surface area contributed by atoms with E-state index in [2.05, 4.69) is 26.5 Å². The summed E-state index contributed by atoms with van der Waals surface area (Å²) in [6.45, 7) is 0.312. The molecule has 8 nitrogen and oxygen atoms in total. The Kier molecular flexibility index (Phi) is 6.94. The number of carbonyl (C=O) groups is 2. The first-order valence-corrected chi connectivity index (χ1v) is 9.95. The molecule has 0 radical (unpaired) electrons. The average molecular weight is 476 g/mol. The van der Waals surface area contributed by atoms with Crippen LogP contribution in [0, 0.1) is 5.92 Å². The van der Waals surface area contributed by atoms with Crippen LogP contribution in [0.3, 0.4) is 0 Å². The lowest BCUT2D eigenvalue weighted by Gasteiger charge is -2.16. The van der Waals surface area contributed by atoms with E-state index in [1.54, 1.807) is 17.0 Å². The van der Waals surface area contributed by atoms with Crippen molar-refractivity contribution in [3.63, 3.8) is 0 Å². The molecule has 1 aliphatic rings. The topological polar surface area (TPSA) is 89.5 Å². The summed E-state index contributed by atoms with van der Waals surface area (Å²) in [5.74, 6) is 0.557. The maximum atomic E-state index is 12.5. The Hall–Kier alpha value is -3.07. The molecule has 158 valence electrons. The van der Waals surface area contributed by atoms with Crippen molar-refractivity contribution >= 4 is 39.6 Å². The van der Waals surface area contributed by atoms with Crippen molar-refractivity contribution < 1.29 is 23.8 Å². The predicted molar refractivity (Wildman–Crippen MR) is 116 cm³/mol. The van der Waals surface area contributed by atoms with Gasteiger partial charge in [-0.2, -0.15) is 5.10 Å². The summed E-state index contributed by atoms with van der Waals surface area (Å²) >= 11 is 3.37. The van der Waals surface area contributed by atoms with Crippen LogP contribution >= 0.6 is 15.9 Å². The Morgan fingerprint density at radius 2 is 1.77 bits per heavy atom. The van der Waals surface area contributed by atoms with Crippen LogP contribution in [0.2, 0.25) is 0 Å². The second-order valence-corrected chi connectivity index (χ2v) is 7.49. The summed E-state index contributed by atoms with van der Waals surface area (Å²) in [4.78, 5) is 26.4. The largest absolute Gasteiger partial charge is 0.493 e. The fourth-order valence-corrected chi connectivity index (χ4v) is 3.46. The normalized spacial score (nSPS) is 16.1. The number of ether oxygens (including phenoxy) is 3. The third-order valence-corrected chi connectivity index (χ3v) is 5.24. The Morgan fingerprint density at radius 3 is 2.33 bits per heavy atom. The molecule has 2 aromatic carbocycles. The number of hydrogen-bond donors (Lipinski definition) is 1. The molecular weight excluding hydrogens is 454 g/mol. The van der Waals surface area contributed by atoms with E-state index in [1.807, 2.05) is 24.3 Å². The molecule has 1 heterocycles. The van der Waals surface area contributed by atoms with Crippen molar-refractivity contribution in [3.8, 4) is 17.2 Å². The van der Waals surface area contributed by atoms with Gasteiger partial charge in [-0.3, -0.25) is 9.59 Å². The lowest BCUT2D eigenvalue weighted by atomic mass is 10.1. The van der Waals surface area contributed by atoms with Gasteiger partial charge in [-0.15, -0.1) is 0 Å². The molecule has 1 atom stereocenters. The minimum absolute atomic E-state index is 0.0916. The van der Waals surface area contributed by atoms with Crippen LogP contribution in [0.5, 0.6) is 17.2 Å². The third kappa shape index (κ3) is 4.73. The van der Waals surface area contributed by atoms with Crippen molar-refractivity contribution in [2.45, 2.75) is 6.42 Å². The summed E-state index contributed by atoms with van der Waals surface area (Å²) in [5, 5.41) is 4.01. The van der Waals surface area contributed by atoms with Gasteiger partial charge in [0.15, 0.2) is 11.5 Å². The van der Waals surface area contributed by atoms with Gasteiger partial charge in [0.25, 0.3) is 0 Å². The number of carbonyl (C=O) groups excluding carboxylic acids is 2. The van der Waals surface area contributed by atoms with Gasteiger partial charge in [0.2, 0.25) is 17.6 Å². The first-order valence-electron chi connectivity index (χ1n) is 9.15. The van der Waals surface area contributed by atoms with Gasteiger partial charge in [0.05, 0.1) is 33.5 Å². The monoisotopic (exact) mass is 475 g/mol. The first kappa shape index (κ1) is 21.6. The standard InChI is InChI=1S/C21H22BrN3O5/c1-28-17-8-13(9-18(29-2)20(17)30-3)11-23-24-21(27)14-10-19(26)25(12-14)16-6-4-15(22)5-7-16/h4-9,11,14H,10,12H2,1-3H3,(H,24,27)/b23-11-/t14-/m1/s1. The molecule has 0 spiro atoms. The number of hydrazone groups is 1. The zero-order valence-electron chi connectivity index (χ0n) is 16.8. The summed E-state index contributed by atoms with van der Waals surface area (Å²) in [6.07, 6.45) is 1.62. The van der Waals surface area contributed by atoms with E-state index < -0.39 is 5.92 Å². The number of hydrogen-bond acceptors (Lipinski definition) is 6. The number of amides is 2. The molecule has 30 heavy (non-hydrogen) atoms. The molecule has 1 fully saturated rings.